The van der Waals surface area contributed by atoms with Crippen molar-refractivity contribution in [2.75, 3.05) is 19.6 Å². The predicted octanol–water partition coefficient (Wildman–Crippen LogP) is 3.86. The molecule has 1 aliphatic carbocycles. The lowest BCUT2D eigenvalue weighted by atomic mass is 9.89. The molecule has 0 bridgehead atoms. The highest BCUT2D eigenvalue weighted by atomic mass is 32.2. The van der Waals surface area contributed by atoms with Crippen LogP contribution in [0.15, 0.2) is 39.8 Å². The summed E-state index contributed by atoms with van der Waals surface area (Å²) in [6.45, 7) is 3.42. The zero-order valence-corrected chi connectivity index (χ0v) is 18.9. The highest BCUT2D eigenvalue weighted by molar-refractivity contribution is 7.89. The summed E-state index contributed by atoms with van der Waals surface area (Å²) in [4.78, 5) is 12.8. The van der Waals surface area contributed by atoms with Gasteiger partial charge in [0, 0.05) is 31.6 Å². The van der Waals surface area contributed by atoms with E-state index >= 15 is 0 Å². The van der Waals surface area contributed by atoms with Gasteiger partial charge in [-0.25, -0.2) is 8.42 Å². The molecule has 0 radical (unpaired) electrons. The first-order valence-electron chi connectivity index (χ1n) is 11.2. The Balaban J connectivity index is 1.39. The molecule has 1 aromatic heterocycles. The van der Waals surface area contributed by atoms with Crippen LogP contribution in [0.3, 0.4) is 0 Å². The van der Waals surface area contributed by atoms with Crippen molar-refractivity contribution >= 4 is 15.9 Å². The number of hydrogen-bond donors (Lipinski definition) is 1. The average Bonchev–Trinajstić information content (AvgIpc) is 3.29. The van der Waals surface area contributed by atoms with Gasteiger partial charge in [-0.1, -0.05) is 42.1 Å². The van der Waals surface area contributed by atoms with Gasteiger partial charge in [-0.15, -0.1) is 0 Å². The smallest absolute Gasteiger partial charge is 0.289 e. The minimum Gasteiger partial charge on any atom is -0.351 e. The number of aromatic nitrogens is 1. The van der Waals surface area contributed by atoms with E-state index in [0.717, 1.165) is 31.2 Å². The molecule has 31 heavy (non-hydrogen) atoms. The molecule has 1 saturated heterocycles. The van der Waals surface area contributed by atoms with Crippen LogP contribution in [0.25, 0.3) is 0 Å². The van der Waals surface area contributed by atoms with E-state index in [1.54, 1.807) is 18.2 Å². The third-order valence-corrected chi connectivity index (χ3v) is 8.37. The highest BCUT2D eigenvalue weighted by Gasteiger charge is 2.32. The number of hydrogen-bond acceptors (Lipinski definition) is 5. The second-order valence-electron chi connectivity index (χ2n) is 8.85. The molecule has 4 rings (SSSR count). The van der Waals surface area contributed by atoms with E-state index in [1.165, 1.54) is 23.6 Å². The first kappa shape index (κ1) is 22.0. The molecule has 168 valence electrons. The summed E-state index contributed by atoms with van der Waals surface area (Å²) in [6.07, 6.45) is 7.63. The average molecular weight is 446 g/mol. The van der Waals surface area contributed by atoms with Gasteiger partial charge in [-0.05, 0) is 50.7 Å². The minimum absolute atomic E-state index is 0.0855. The number of nitrogens with zero attached hydrogens (tertiary/aromatic N) is 2. The minimum atomic E-state index is -3.55. The molecule has 1 aromatic carbocycles. The summed E-state index contributed by atoms with van der Waals surface area (Å²) in [5.74, 6) is 0.408. The number of aryl methyl sites for hydroxylation is 1. The molecule has 2 fully saturated rings. The number of benzene rings is 1. The maximum absolute atomic E-state index is 13.0. The molecular formula is C23H31N3O4S. The fraction of sp³-hybridized carbons (Fsp3) is 0.565. The lowest BCUT2D eigenvalue weighted by Gasteiger charge is -2.30. The van der Waals surface area contributed by atoms with Gasteiger partial charge < -0.3 is 9.84 Å². The molecule has 1 saturated carbocycles. The number of piperidine rings is 1. The summed E-state index contributed by atoms with van der Waals surface area (Å²) in [7, 11) is -3.55. The molecule has 2 heterocycles. The van der Waals surface area contributed by atoms with Crippen LogP contribution >= 0.6 is 0 Å². The van der Waals surface area contributed by atoms with Crippen molar-refractivity contribution in [3.63, 3.8) is 0 Å². The Hall–Kier alpha value is -2.19. The van der Waals surface area contributed by atoms with Crippen molar-refractivity contribution in [1.29, 1.82) is 0 Å². The summed E-state index contributed by atoms with van der Waals surface area (Å²) in [5.41, 5.74) is 1.67. The Bertz CT molecular complexity index is 994. The van der Waals surface area contributed by atoms with Gasteiger partial charge in [0.15, 0.2) is 0 Å². The Kier molecular flexibility index (Phi) is 6.77. The van der Waals surface area contributed by atoms with E-state index < -0.39 is 10.0 Å². The molecular weight excluding hydrogens is 414 g/mol. The van der Waals surface area contributed by atoms with Crippen molar-refractivity contribution in [2.24, 2.45) is 5.92 Å². The van der Waals surface area contributed by atoms with E-state index in [-0.39, 0.29) is 17.6 Å². The van der Waals surface area contributed by atoms with E-state index in [4.69, 9.17) is 4.52 Å². The van der Waals surface area contributed by atoms with Gasteiger partial charge in [0.2, 0.25) is 15.8 Å². The third kappa shape index (κ3) is 5.18. The monoisotopic (exact) mass is 445 g/mol. The van der Waals surface area contributed by atoms with Gasteiger partial charge in [0.1, 0.15) is 0 Å². The predicted molar refractivity (Wildman–Crippen MR) is 117 cm³/mol. The van der Waals surface area contributed by atoms with E-state index in [9.17, 15) is 13.2 Å². The molecule has 1 amide bonds. The fourth-order valence-corrected chi connectivity index (χ4v) is 6.09. The van der Waals surface area contributed by atoms with Crippen molar-refractivity contribution in [2.45, 2.75) is 62.7 Å². The van der Waals surface area contributed by atoms with Crippen LogP contribution in [0.1, 0.15) is 72.7 Å². The molecule has 1 aliphatic heterocycles. The van der Waals surface area contributed by atoms with Gasteiger partial charge in [0.05, 0.1) is 10.6 Å². The number of sulfonamides is 1. The summed E-state index contributed by atoms with van der Waals surface area (Å²) in [5, 5.41) is 7.06. The Morgan fingerprint density at radius 3 is 2.61 bits per heavy atom. The quantitative estimate of drug-likeness (QED) is 0.729. The van der Waals surface area contributed by atoms with Crippen LogP contribution in [0.4, 0.5) is 0 Å². The first-order chi connectivity index (χ1) is 14.9. The van der Waals surface area contributed by atoms with Gasteiger partial charge in [0.25, 0.3) is 5.91 Å². The van der Waals surface area contributed by atoms with E-state index in [2.05, 4.69) is 10.5 Å². The maximum Gasteiger partial charge on any atom is 0.289 e. The molecule has 1 atom stereocenters. The number of amides is 1. The first-order valence-corrected chi connectivity index (χ1v) is 12.7. The van der Waals surface area contributed by atoms with Crippen molar-refractivity contribution in [3.8, 4) is 0 Å². The largest absolute Gasteiger partial charge is 0.351 e. The summed E-state index contributed by atoms with van der Waals surface area (Å²) >= 11 is 0. The lowest BCUT2D eigenvalue weighted by Crippen LogP contribution is -2.39. The number of nitrogens with one attached hydrogen (secondary N) is 1. The van der Waals surface area contributed by atoms with Crippen molar-refractivity contribution in [1.82, 2.24) is 14.8 Å². The highest BCUT2D eigenvalue weighted by Crippen LogP contribution is 2.30. The van der Waals surface area contributed by atoms with Gasteiger partial charge in [-0.2, -0.15) is 4.31 Å². The van der Waals surface area contributed by atoms with E-state index in [0.29, 0.717) is 36.1 Å². The zero-order valence-electron chi connectivity index (χ0n) is 18.0. The SMILES string of the molecule is Cc1ccc(S(=O)(=O)N2CCCC(c3cc(C(=O)NCC4CCCCC4)on3)C2)cc1. The van der Waals surface area contributed by atoms with Crippen LogP contribution in [-0.2, 0) is 10.0 Å². The number of carbonyl (C=O) groups excluding carboxylic acids is 1. The second-order valence-corrected chi connectivity index (χ2v) is 10.8. The van der Waals surface area contributed by atoms with Crippen LogP contribution in [0, 0.1) is 12.8 Å². The van der Waals surface area contributed by atoms with Crippen LogP contribution in [-0.4, -0.2) is 43.4 Å². The van der Waals surface area contributed by atoms with Gasteiger partial charge >= 0.3 is 0 Å². The number of carbonyl (C=O) groups is 1. The topological polar surface area (TPSA) is 92.5 Å². The molecule has 8 heteroatoms. The Morgan fingerprint density at radius 1 is 1.13 bits per heavy atom. The Morgan fingerprint density at radius 2 is 1.87 bits per heavy atom. The summed E-state index contributed by atoms with van der Waals surface area (Å²) < 4.78 is 32.9. The van der Waals surface area contributed by atoms with Crippen LogP contribution < -0.4 is 5.32 Å². The van der Waals surface area contributed by atoms with Crippen molar-refractivity contribution in [3.05, 3.63) is 47.3 Å². The second kappa shape index (κ2) is 9.53. The fourth-order valence-electron chi connectivity index (χ4n) is 4.57. The molecule has 0 spiro atoms. The summed E-state index contributed by atoms with van der Waals surface area (Å²) in [6, 6.07) is 8.59. The number of rotatable bonds is 6. The third-order valence-electron chi connectivity index (χ3n) is 6.49. The normalized spacial score (nSPS) is 21.1. The maximum atomic E-state index is 13.0. The molecule has 1 N–H and O–H groups in total. The van der Waals surface area contributed by atoms with E-state index in [1.807, 2.05) is 19.1 Å². The lowest BCUT2D eigenvalue weighted by molar-refractivity contribution is 0.0906. The molecule has 2 aliphatic rings. The Labute approximate surface area is 184 Å². The van der Waals surface area contributed by atoms with Crippen LogP contribution in [0.2, 0.25) is 0 Å². The zero-order chi connectivity index (χ0) is 21.8. The molecule has 2 aromatic rings. The van der Waals surface area contributed by atoms with Crippen molar-refractivity contribution < 1.29 is 17.7 Å². The molecule has 1 unspecified atom stereocenters. The van der Waals surface area contributed by atoms with Gasteiger partial charge in [-0.3, -0.25) is 4.79 Å². The molecule has 7 nitrogen and oxygen atoms in total. The van der Waals surface area contributed by atoms with Crippen LogP contribution in [0.5, 0.6) is 0 Å². The standard InChI is InChI=1S/C23H31N3O4S/c1-17-9-11-20(12-10-17)31(28,29)26-13-5-8-19(16-26)21-14-22(30-25-21)23(27)24-15-18-6-3-2-4-7-18/h9-12,14,18-19H,2-8,13,15-16H2,1H3,(H,24,27).